The molecule has 0 aromatic heterocycles. The second-order valence-corrected chi connectivity index (χ2v) is 6.00. The number of epoxide rings is 1. The fourth-order valence-corrected chi connectivity index (χ4v) is 2.91. The van der Waals surface area contributed by atoms with Crippen LogP contribution in [-0.2, 0) is 11.2 Å². The largest absolute Gasteiger partial charge is 0.460 e. The number of halogens is 1. The SMILES string of the molecule is O=C1c2ccccc2OC2OC12Cc1ccc(Br)cc1. The van der Waals surface area contributed by atoms with Gasteiger partial charge in [0.1, 0.15) is 5.75 Å². The van der Waals surface area contributed by atoms with Crippen molar-refractivity contribution in [2.75, 3.05) is 0 Å². The molecule has 0 spiro atoms. The molecule has 0 N–H and O–H groups in total. The maximum atomic E-state index is 12.6. The fourth-order valence-electron chi connectivity index (χ4n) is 2.65. The van der Waals surface area contributed by atoms with Gasteiger partial charge in [-0.1, -0.05) is 40.2 Å². The van der Waals surface area contributed by atoms with Gasteiger partial charge in [0.05, 0.1) is 5.56 Å². The van der Waals surface area contributed by atoms with E-state index >= 15 is 0 Å². The summed E-state index contributed by atoms with van der Waals surface area (Å²) >= 11 is 3.40. The molecule has 2 heterocycles. The average Bonchev–Trinajstić information content (AvgIpc) is 3.16. The van der Waals surface area contributed by atoms with Gasteiger partial charge in [-0.25, -0.2) is 0 Å². The predicted molar refractivity (Wildman–Crippen MR) is 76.9 cm³/mol. The zero-order chi connectivity index (χ0) is 13.7. The number of ketones is 1. The summed E-state index contributed by atoms with van der Waals surface area (Å²) in [6.07, 6.45) is 0.0894. The molecule has 4 rings (SSSR count). The van der Waals surface area contributed by atoms with Gasteiger partial charge in [-0.05, 0) is 29.8 Å². The van der Waals surface area contributed by atoms with Crippen molar-refractivity contribution >= 4 is 21.7 Å². The number of carbonyl (C=O) groups is 1. The summed E-state index contributed by atoms with van der Waals surface area (Å²) in [5, 5.41) is 0. The molecular formula is C16H11BrO3. The van der Waals surface area contributed by atoms with E-state index in [-0.39, 0.29) is 5.78 Å². The molecule has 2 atom stereocenters. The lowest BCUT2D eigenvalue weighted by Gasteiger charge is -2.19. The van der Waals surface area contributed by atoms with Crippen LogP contribution in [0.15, 0.2) is 53.0 Å². The number of Topliss-reactive ketones (excluding diaryl/α,β-unsaturated/α-hetero) is 1. The second kappa shape index (κ2) is 4.17. The first kappa shape index (κ1) is 12.1. The van der Waals surface area contributed by atoms with E-state index in [9.17, 15) is 4.79 Å². The van der Waals surface area contributed by atoms with Crippen molar-refractivity contribution in [2.24, 2.45) is 0 Å². The van der Waals surface area contributed by atoms with Crippen LogP contribution in [0.5, 0.6) is 5.75 Å². The Morgan fingerprint density at radius 1 is 1.10 bits per heavy atom. The molecule has 1 fully saturated rings. The first-order valence-corrected chi connectivity index (χ1v) is 7.21. The highest BCUT2D eigenvalue weighted by atomic mass is 79.9. The van der Waals surface area contributed by atoms with Crippen LogP contribution in [0.4, 0.5) is 0 Å². The minimum absolute atomic E-state index is 0.0206. The summed E-state index contributed by atoms with van der Waals surface area (Å²) in [6.45, 7) is 0. The molecule has 2 aromatic rings. The van der Waals surface area contributed by atoms with E-state index < -0.39 is 11.9 Å². The van der Waals surface area contributed by atoms with Gasteiger partial charge in [-0.15, -0.1) is 0 Å². The van der Waals surface area contributed by atoms with Crippen LogP contribution in [0.25, 0.3) is 0 Å². The number of carbonyl (C=O) groups excluding carboxylic acids is 1. The number of hydrogen-bond donors (Lipinski definition) is 0. The van der Waals surface area contributed by atoms with Crippen molar-refractivity contribution in [2.45, 2.75) is 18.3 Å². The monoisotopic (exact) mass is 330 g/mol. The smallest absolute Gasteiger partial charge is 0.238 e. The average molecular weight is 331 g/mol. The number of fused-ring (bicyclic) bond motifs is 2. The van der Waals surface area contributed by atoms with Gasteiger partial charge in [0.2, 0.25) is 17.7 Å². The van der Waals surface area contributed by atoms with Gasteiger partial charge in [0, 0.05) is 10.9 Å². The van der Waals surface area contributed by atoms with Crippen molar-refractivity contribution in [3.8, 4) is 5.75 Å². The van der Waals surface area contributed by atoms with Crippen LogP contribution in [-0.4, -0.2) is 17.7 Å². The van der Waals surface area contributed by atoms with Gasteiger partial charge in [0.25, 0.3) is 0 Å². The number of ether oxygens (including phenoxy) is 2. The Balaban J connectivity index is 1.67. The summed E-state index contributed by atoms with van der Waals surface area (Å²) in [7, 11) is 0. The normalized spacial score (nSPS) is 26.4. The summed E-state index contributed by atoms with van der Waals surface area (Å²) in [6, 6.07) is 15.2. The fraction of sp³-hybridized carbons (Fsp3) is 0.188. The molecule has 0 saturated carbocycles. The van der Waals surface area contributed by atoms with Gasteiger partial charge < -0.3 is 9.47 Å². The molecule has 4 heteroatoms. The lowest BCUT2D eigenvalue weighted by molar-refractivity contribution is 0.0864. The topological polar surface area (TPSA) is 38.8 Å². The molecule has 20 heavy (non-hydrogen) atoms. The van der Waals surface area contributed by atoms with E-state index in [4.69, 9.17) is 9.47 Å². The van der Waals surface area contributed by atoms with E-state index in [0.29, 0.717) is 17.7 Å². The van der Waals surface area contributed by atoms with Crippen molar-refractivity contribution in [1.29, 1.82) is 0 Å². The van der Waals surface area contributed by atoms with E-state index in [1.807, 2.05) is 36.4 Å². The Morgan fingerprint density at radius 3 is 2.65 bits per heavy atom. The van der Waals surface area contributed by atoms with Gasteiger partial charge in [-0.2, -0.15) is 0 Å². The molecule has 0 aliphatic carbocycles. The number of para-hydroxylation sites is 1. The minimum Gasteiger partial charge on any atom is -0.460 e. The van der Waals surface area contributed by atoms with E-state index in [1.165, 1.54) is 0 Å². The van der Waals surface area contributed by atoms with Crippen molar-refractivity contribution in [3.63, 3.8) is 0 Å². The predicted octanol–water partition coefficient (Wildman–Crippen LogP) is 3.36. The highest BCUT2D eigenvalue weighted by molar-refractivity contribution is 9.10. The van der Waals surface area contributed by atoms with Crippen LogP contribution in [0.2, 0.25) is 0 Å². The highest BCUT2D eigenvalue weighted by Crippen LogP contribution is 2.48. The second-order valence-electron chi connectivity index (χ2n) is 5.09. The molecule has 1 saturated heterocycles. The first-order chi connectivity index (χ1) is 9.69. The molecule has 3 nitrogen and oxygen atoms in total. The molecule has 2 aliphatic rings. The zero-order valence-corrected chi connectivity index (χ0v) is 12.1. The Hall–Kier alpha value is -1.65. The zero-order valence-electron chi connectivity index (χ0n) is 10.5. The third-order valence-corrected chi connectivity index (χ3v) is 4.30. The lowest BCUT2D eigenvalue weighted by atomic mass is 9.89. The van der Waals surface area contributed by atoms with Gasteiger partial charge in [-0.3, -0.25) is 4.79 Å². The molecule has 0 bridgehead atoms. The van der Waals surface area contributed by atoms with Gasteiger partial charge >= 0.3 is 0 Å². The van der Waals surface area contributed by atoms with Crippen molar-refractivity contribution in [3.05, 3.63) is 64.1 Å². The van der Waals surface area contributed by atoms with Gasteiger partial charge in [0.15, 0.2) is 0 Å². The minimum atomic E-state index is -0.831. The number of hydrogen-bond acceptors (Lipinski definition) is 3. The summed E-state index contributed by atoms with van der Waals surface area (Å²) in [5.74, 6) is 0.638. The summed E-state index contributed by atoms with van der Waals surface area (Å²) in [5.41, 5.74) is 0.840. The maximum absolute atomic E-state index is 12.6. The first-order valence-electron chi connectivity index (χ1n) is 6.42. The molecule has 2 aromatic carbocycles. The number of benzene rings is 2. The Labute approximate surface area is 124 Å². The molecule has 0 amide bonds. The maximum Gasteiger partial charge on any atom is 0.238 e. The highest BCUT2D eigenvalue weighted by Gasteiger charge is 2.67. The third kappa shape index (κ3) is 1.72. The summed E-state index contributed by atoms with van der Waals surface area (Å²) < 4.78 is 12.4. The van der Waals surface area contributed by atoms with Crippen LogP contribution >= 0.6 is 15.9 Å². The number of rotatable bonds is 2. The Bertz CT molecular complexity index is 695. The molecular weight excluding hydrogens is 320 g/mol. The van der Waals surface area contributed by atoms with E-state index in [2.05, 4.69) is 15.9 Å². The van der Waals surface area contributed by atoms with E-state index in [1.54, 1.807) is 12.1 Å². The van der Waals surface area contributed by atoms with Crippen molar-refractivity contribution in [1.82, 2.24) is 0 Å². The van der Waals surface area contributed by atoms with E-state index in [0.717, 1.165) is 10.0 Å². The summed E-state index contributed by atoms with van der Waals surface area (Å²) in [4.78, 5) is 12.6. The molecule has 100 valence electrons. The Kier molecular flexibility index (Phi) is 2.53. The lowest BCUT2D eigenvalue weighted by Crippen LogP contribution is -2.35. The standard InChI is InChI=1S/C16H11BrO3/c17-11-7-5-10(6-8-11)9-16-14(18)12-3-1-2-4-13(12)19-15(16)20-16/h1-8,15H,9H2. The Morgan fingerprint density at radius 2 is 1.85 bits per heavy atom. The van der Waals surface area contributed by atoms with Crippen LogP contribution in [0.1, 0.15) is 15.9 Å². The van der Waals surface area contributed by atoms with Crippen LogP contribution < -0.4 is 4.74 Å². The van der Waals surface area contributed by atoms with Crippen molar-refractivity contribution < 1.29 is 14.3 Å². The van der Waals surface area contributed by atoms with Crippen LogP contribution in [0.3, 0.4) is 0 Å². The third-order valence-electron chi connectivity index (χ3n) is 3.77. The quantitative estimate of drug-likeness (QED) is 0.792. The van der Waals surface area contributed by atoms with Crippen LogP contribution in [0, 0.1) is 0 Å². The molecule has 2 aliphatic heterocycles. The molecule has 2 unspecified atom stereocenters. The molecule has 0 radical (unpaired) electrons.